The van der Waals surface area contributed by atoms with Gasteiger partial charge in [0.15, 0.2) is 0 Å². The molecular weight excluding hydrogens is 229 g/mol. The van der Waals surface area contributed by atoms with Gasteiger partial charge in [0.1, 0.15) is 0 Å². The summed E-state index contributed by atoms with van der Waals surface area (Å²) < 4.78 is 0.668. The first-order valence-electron chi connectivity index (χ1n) is 3.00. The lowest BCUT2D eigenvalue weighted by Gasteiger charge is -2.05. The van der Waals surface area contributed by atoms with Crippen LogP contribution >= 0.6 is 27.5 Å². The fourth-order valence-corrected chi connectivity index (χ4v) is 1.43. The van der Waals surface area contributed by atoms with Gasteiger partial charge in [-0.3, -0.25) is 0 Å². The van der Waals surface area contributed by atoms with Crippen molar-refractivity contribution in [3.05, 3.63) is 27.2 Å². The lowest BCUT2D eigenvalue weighted by Crippen LogP contribution is -1.95. The van der Waals surface area contributed by atoms with Crippen LogP contribution in [0.25, 0.3) is 0 Å². The van der Waals surface area contributed by atoms with E-state index in [-0.39, 0.29) is 6.61 Å². The molecule has 0 aromatic heterocycles. The third kappa shape index (κ3) is 1.67. The molecule has 0 aliphatic heterocycles. The highest BCUT2D eigenvalue weighted by Crippen LogP contribution is 2.30. The van der Waals surface area contributed by atoms with E-state index >= 15 is 0 Å². The minimum Gasteiger partial charge on any atom is -0.398 e. The van der Waals surface area contributed by atoms with Crippen molar-refractivity contribution in [3.63, 3.8) is 0 Å². The van der Waals surface area contributed by atoms with E-state index in [2.05, 4.69) is 15.9 Å². The minimum absolute atomic E-state index is 0.104. The summed E-state index contributed by atoms with van der Waals surface area (Å²) in [5.74, 6) is 0. The summed E-state index contributed by atoms with van der Waals surface area (Å²) in [6, 6.07) is 3.35. The molecule has 3 N–H and O–H groups in total. The highest BCUT2D eigenvalue weighted by Gasteiger charge is 2.05. The molecule has 0 spiro atoms. The predicted molar refractivity (Wildman–Crippen MR) is 49.5 cm³/mol. The standard InChI is InChI=1S/C7H7BrClNO/c8-7-4(3-11)6(10)2-1-5(7)9/h1-2,11H,3,10H2. The molecule has 0 radical (unpaired) electrons. The van der Waals surface area contributed by atoms with Crippen LogP contribution in [0.15, 0.2) is 16.6 Å². The molecular formula is C7H7BrClNO. The van der Waals surface area contributed by atoms with Crippen LogP contribution in [0.4, 0.5) is 5.69 Å². The molecule has 11 heavy (non-hydrogen) atoms. The molecule has 0 saturated heterocycles. The van der Waals surface area contributed by atoms with E-state index in [1.54, 1.807) is 12.1 Å². The zero-order valence-electron chi connectivity index (χ0n) is 5.64. The molecule has 1 aromatic rings. The van der Waals surface area contributed by atoms with Gasteiger partial charge in [-0.25, -0.2) is 0 Å². The average molecular weight is 236 g/mol. The van der Waals surface area contributed by atoms with Gasteiger partial charge in [-0.05, 0) is 28.1 Å². The molecule has 60 valence electrons. The van der Waals surface area contributed by atoms with Crippen molar-refractivity contribution >= 4 is 33.2 Å². The number of halogens is 2. The van der Waals surface area contributed by atoms with Crippen LogP contribution in [-0.4, -0.2) is 5.11 Å². The fourth-order valence-electron chi connectivity index (χ4n) is 0.768. The summed E-state index contributed by atoms with van der Waals surface area (Å²) >= 11 is 8.97. The number of anilines is 1. The normalized spacial score (nSPS) is 10.1. The van der Waals surface area contributed by atoms with Crippen LogP contribution in [0.5, 0.6) is 0 Å². The van der Waals surface area contributed by atoms with E-state index in [0.717, 1.165) is 0 Å². The zero-order chi connectivity index (χ0) is 8.43. The lowest BCUT2D eigenvalue weighted by molar-refractivity contribution is 0.282. The Balaban J connectivity index is 3.29. The van der Waals surface area contributed by atoms with Gasteiger partial charge >= 0.3 is 0 Å². The van der Waals surface area contributed by atoms with E-state index in [1.807, 2.05) is 0 Å². The molecule has 0 saturated carbocycles. The van der Waals surface area contributed by atoms with E-state index in [1.165, 1.54) is 0 Å². The number of hydrogen-bond donors (Lipinski definition) is 2. The van der Waals surface area contributed by atoms with Crippen LogP contribution < -0.4 is 5.73 Å². The number of aliphatic hydroxyl groups excluding tert-OH is 1. The summed E-state index contributed by atoms with van der Waals surface area (Å²) in [6.45, 7) is -0.104. The molecule has 2 nitrogen and oxygen atoms in total. The molecule has 0 aliphatic rings. The molecule has 0 fully saturated rings. The number of aliphatic hydroxyl groups is 1. The fraction of sp³-hybridized carbons (Fsp3) is 0.143. The van der Waals surface area contributed by atoms with Gasteiger partial charge in [-0.2, -0.15) is 0 Å². The van der Waals surface area contributed by atoms with Crippen LogP contribution in [0.3, 0.4) is 0 Å². The second kappa shape index (κ2) is 3.43. The molecule has 0 aliphatic carbocycles. The topological polar surface area (TPSA) is 46.2 Å². The second-order valence-corrected chi connectivity index (χ2v) is 3.29. The van der Waals surface area contributed by atoms with Crippen molar-refractivity contribution in [2.45, 2.75) is 6.61 Å². The predicted octanol–water partition coefficient (Wildman–Crippen LogP) is 2.18. The van der Waals surface area contributed by atoms with Gasteiger partial charge < -0.3 is 10.8 Å². The minimum atomic E-state index is -0.104. The number of nitrogens with two attached hydrogens (primary N) is 1. The van der Waals surface area contributed by atoms with Crippen LogP contribution in [0.2, 0.25) is 5.02 Å². The van der Waals surface area contributed by atoms with Crippen molar-refractivity contribution in [2.75, 3.05) is 5.73 Å². The van der Waals surface area contributed by atoms with E-state index in [0.29, 0.717) is 20.7 Å². The molecule has 0 heterocycles. The molecule has 0 unspecified atom stereocenters. The van der Waals surface area contributed by atoms with Crippen LogP contribution in [-0.2, 0) is 6.61 Å². The third-order valence-corrected chi connectivity index (χ3v) is 2.84. The summed E-state index contributed by atoms with van der Waals surface area (Å²) in [4.78, 5) is 0. The summed E-state index contributed by atoms with van der Waals surface area (Å²) in [6.07, 6.45) is 0. The Hall–Kier alpha value is -0.250. The molecule has 1 rings (SSSR count). The van der Waals surface area contributed by atoms with Gasteiger partial charge in [0.05, 0.1) is 11.6 Å². The second-order valence-electron chi connectivity index (χ2n) is 2.09. The SMILES string of the molecule is Nc1ccc(Cl)c(Br)c1CO. The number of nitrogen functional groups attached to an aromatic ring is 1. The first-order chi connectivity index (χ1) is 5.16. The van der Waals surface area contributed by atoms with Gasteiger partial charge in [-0.15, -0.1) is 0 Å². The maximum Gasteiger partial charge on any atom is 0.0713 e. The first-order valence-corrected chi connectivity index (χ1v) is 4.17. The van der Waals surface area contributed by atoms with E-state index in [4.69, 9.17) is 22.4 Å². The maximum absolute atomic E-state index is 8.86. The van der Waals surface area contributed by atoms with Gasteiger partial charge in [0.2, 0.25) is 0 Å². The largest absolute Gasteiger partial charge is 0.398 e. The highest BCUT2D eigenvalue weighted by atomic mass is 79.9. The smallest absolute Gasteiger partial charge is 0.0713 e. The van der Waals surface area contributed by atoms with E-state index < -0.39 is 0 Å². The molecule has 4 heteroatoms. The van der Waals surface area contributed by atoms with Crippen molar-refractivity contribution in [1.29, 1.82) is 0 Å². The van der Waals surface area contributed by atoms with Gasteiger partial charge in [-0.1, -0.05) is 11.6 Å². The Labute approximate surface area is 78.1 Å². The molecule has 1 aromatic carbocycles. The average Bonchev–Trinajstić information content (AvgIpc) is 1.99. The highest BCUT2D eigenvalue weighted by molar-refractivity contribution is 9.10. The summed E-state index contributed by atoms with van der Waals surface area (Å²) in [7, 11) is 0. The van der Waals surface area contributed by atoms with Crippen molar-refractivity contribution < 1.29 is 5.11 Å². The first kappa shape index (κ1) is 8.84. The van der Waals surface area contributed by atoms with E-state index in [9.17, 15) is 0 Å². The zero-order valence-corrected chi connectivity index (χ0v) is 7.98. The van der Waals surface area contributed by atoms with Crippen LogP contribution in [0.1, 0.15) is 5.56 Å². The van der Waals surface area contributed by atoms with Crippen molar-refractivity contribution in [2.24, 2.45) is 0 Å². The number of hydrogen-bond acceptors (Lipinski definition) is 2. The Morgan fingerprint density at radius 3 is 2.64 bits per heavy atom. The summed E-state index contributed by atoms with van der Waals surface area (Å²) in [5.41, 5.74) is 6.73. The Bertz CT molecular complexity index is 277. The maximum atomic E-state index is 8.86. The molecule has 0 bridgehead atoms. The quantitative estimate of drug-likeness (QED) is 0.734. The molecule has 0 atom stereocenters. The monoisotopic (exact) mass is 235 g/mol. The third-order valence-electron chi connectivity index (χ3n) is 1.39. The van der Waals surface area contributed by atoms with Gasteiger partial charge in [0, 0.05) is 15.7 Å². The Kier molecular flexibility index (Phi) is 2.76. The lowest BCUT2D eigenvalue weighted by atomic mass is 10.2. The van der Waals surface area contributed by atoms with Crippen molar-refractivity contribution in [3.8, 4) is 0 Å². The Morgan fingerprint density at radius 2 is 2.18 bits per heavy atom. The van der Waals surface area contributed by atoms with Gasteiger partial charge in [0.25, 0.3) is 0 Å². The Morgan fingerprint density at radius 1 is 1.55 bits per heavy atom. The number of rotatable bonds is 1. The number of benzene rings is 1. The van der Waals surface area contributed by atoms with Crippen LogP contribution in [0, 0.1) is 0 Å². The molecule has 0 amide bonds. The van der Waals surface area contributed by atoms with Crippen molar-refractivity contribution in [1.82, 2.24) is 0 Å². The summed E-state index contributed by atoms with van der Waals surface area (Å²) in [5, 5.41) is 9.41.